The molecule has 2 unspecified atom stereocenters. The van der Waals surface area contributed by atoms with Crippen LogP contribution in [0.1, 0.15) is 48.9 Å². The average Bonchev–Trinajstić information content (AvgIpc) is 3.14. The van der Waals surface area contributed by atoms with Crippen LogP contribution in [0.25, 0.3) is 0 Å². The van der Waals surface area contributed by atoms with E-state index in [1.165, 1.54) is 7.11 Å². The van der Waals surface area contributed by atoms with Gasteiger partial charge in [0.15, 0.2) is 0 Å². The Balaban J connectivity index is 1.47. The van der Waals surface area contributed by atoms with Crippen LogP contribution >= 0.6 is 11.6 Å². The molecular formula is C21H23ClN4O3. The van der Waals surface area contributed by atoms with Gasteiger partial charge in [-0.25, -0.2) is 14.5 Å². The number of benzene rings is 1. The molecule has 152 valence electrons. The Labute approximate surface area is 173 Å². The first kappa shape index (κ1) is 18.6. The predicted molar refractivity (Wildman–Crippen MR) is 107 cm³/mol. The zero-order valence-electron chi connectivity index (χ0n) is 16.2. The van der Waals surface area contributed by atoms with E-state index in [0.29, 0.717) is 23.1 Å². The molecule has 8 heteroatoms. The summed E-state index contributed by atoms with van der Waals surface area (Å²) in [5.41, 5.74) is 0.193. The lowest BCUT2D eigenvalue weighted by Crippen LogP contribution is -2.60. The van der Waals surface area contributed by atoms with Crippen LogP contribution in [0.2, 0.25) is 5.28 Å². The number of halogens is 1. The van der Waals surface area contributed by atoms with Gasteiger partial charge in [-0.1, -0.05) is 12.1 Å². The summed E-state index contributed by atoms with van der Waals surface area (Å²) in [5.74, 6) is 0.500. The molecule has 29 heavy (non-hydrogen) atoms. The third kappa shape index (κ3) is 2.94. The maximum absolute atomic E-state index is 13.6. The highest BCUT2D eigenvalue weighted by Crippen LogP contribution is 2.64. The minimum Gasteiger partial charge on any atom is -0.465 e. The van der Waals surface area contributed by atoms with Crippen LogP contribution in [0.4, 0.5) is 5.69 Å². The summed E-state index contributed by atoms with van der Waals surface area (Å²) in [6, 6.07) is 6.98. The van der Waals surface area contributed by atoms with Crippen molar-refractivity contribution in [2.24, 2.45) is 17.3 Å². The summed E-state index contributed by atoms with van der Waals surface area (Å²) >= 11 is 6.00. The fourth-order valence-corrected chi connectivity index (χ4v) is 6.48. The number of carbonyl (C=O) groups excluding carboxylic acids is 2. The predicted octanol–water partition coefficient (Wildman–Crippen LogP) is 3.65. The molecule has 1 amide bonds. The van der Waals surface area contributed by atoms with Crippen molar-refractivity contribution in [1.82, 2.24) is 14.8 Å². The molecule has 4 bridgehead atoms. The SMILES string of the molecule is COC(=O)c1ccccc1NC(=O)C12C[C@H]3C[C@@H](C1)CC(n1cnc(Cl)n1)(C3)C2. The highest BCUT2D eigenvalue weighted by molar-refractivity contribution is 6.28. The summed E-state index contributed by atoms with van der Waals surface area (Å²) in [5, 5.41) is 7.69. The first-order valence-corrected chi connectivity index (χ1v) is 10.4. The molecule has 0 radical (unpaired) electrons. The Morgan fingerprint density at radius 1 is 1.21 bits per heavy atom. The number of hydrogen-bond donors (Lipinski definition) is 1. The van der Waals surface area contributed by atoms with Crippen molar-refractivity contribution in [1.29, 1.82) is 0 Å². The van der Waals surface area contributed by atoms with E-state index in [2.05, 4.69) is 15.4 Å². The maximum atomic E-state index is 13.6. The number of hydrogen-bond acceptors (Lipinski definition) is 5. The van der Waals surface area contributed by atoms with Crippen molar-refractivity contribution in [3.8, 4) is 0 Å². The smallest absolute Gasteiger partial charge is 0.339 e. The number of carbonyl (C=O) groups is 2. The number of aromatic nitrogens is 3. The van der Waals surface area contributed by atoms with Gasteiger partial charge in [0.05, 0.1) is 29.3 Å². The van der Waals surface area contributed by atoms with E-state index in [4.69, 9.17) is 16.3 Å². The normalized spacial score (nSPS) is 32.2. The second-order valence-corrected chi connectivity index (χ2v) is 9.25. The Bertz CT molecular complexity index is 974. The molecule has 4 aliphatic carbocycles. The molecule has 0 spiro atoms. The maximum Gasteiger partial charge on any atom is 0.339 e. The molecule has 1 aromatic heterocycles. The fraction of sp³-hybridized carbons (Fsp3) is 0.524. The quantitative estimate of drug-likeness (QED) is 0.771. The minimum atomic E-state index is -0.467. The number of nitrogens with zero attached hydrogens (tertiary/aromatic N) is 3. The number of amides is 1. The lowest BCUT2D eigenvalue weighted by atomic mass is 9.46. The van der Waals surface area contributed by atoms with Gasteiger partial charge in [-0.15, -0.1) is 5.10 Å². The summed E-state index contributed by atoms with van der Waals surface area (Å²) in [6.45, 7) is 0. The van der Waals surface area contributed by atoms with Crippen LogP contribution in [0.5, 0.6) is 0 Å². The van der Waals surface area contributed by atoms with E-state index < -0.39 is 11.4 Å². The molecule has 1 aromatic carbocycles. The third-order valence-electron chi connectivity index (χ3n) is 7.04. The summed E-state index contributed by atoms with van der Waals surface area (Å²) in [4.78, 5) is 29.8. The van der Waals surface area contributed by atoms with E-state index in [-0.39, 0.29) is 16.7 Å². The number of anilines is 1. The molecule has 4 saturated carbocycles. The van der Waals surface area contributed by atoms with Crippen molar-refractivity contribution in [2.75, 3.05) is 12.4 Å². The third-order valence-corrected chi connectivity index (χ3v) is 7.22. The standard InChI is InChI=1S/C21H23ClN4O3/c1-29-17(27)15-4-2-3-5-16(15)24-18(28)20-7-13-6-14(8-20)10-21(9-13,11-20)26-12-23-19(22)25-26/h2-5,12-14H,6-11H2,1H3,(H,24,28)/t13-,14+,20?,21?. The molecule has 0 saturated heterocycles. The van der Waals surface area contributed by atoms with Gasteiger partial charge in [0.25, 0.3) is 0 Å². The molecule has 4 fully saturated rings. The van der Waals surface area contributed by atoms with Gasteiger partial charge in [-0.3, -0.25) is 4.79 Å². The monoisotopic (exact) mass is 414 g/mol. The van der Waals surface area contributed by atoms with Crippen molar-refractivity contribution >= 4 is 29.2 Å². The number of esters is 1. The number of para-hydroxylation sites is 1. The highest BCUT2D eigenvalue weighted by atomic mass is 35.5. The first-order valence-electron chi connectivity index (χ1n) is 9.99. The number of nitrogens with one attached hydrogen (secondary N) is 1. The molecule has 0 aliphatic heterocycles. The fourth-order valence-electron chi connectivity index (χ4n) is 6.35. The Morgan fingerprint density at radius 2 is 1.93 bits per heavy atom. The molecule has 1 heterocycles. The van der Waals surface area contributed by atoms with E-state index in [0.717, 1.165) is 38.5 Å². The van der Waals surface area contributed by atoms with E-state index >= 15 is 0 Å². The van der Waals surface area contributed by atoms with E-state index in [1.54, 1.807) is 30.6 Å². The van der Waals surface area contributed by atoms with E-state index in [9.17, 15) is 9.59 Å². The van der Waals surface area contributed by atoms with Crippen LogP contribution in [-0.2, 0) is 15.1 Å². The van der Waals surface area contributed by atoms with Crippen molar-refractivity contribution in [3.05, 3.63) is 41.4 Å². The van der Waals surface area contributed by atoms with Gasteiger partial charge >= 0.3 is 5.97 Å². The number of methoxy groups -OCH3 is 1. The zero-order chi connectivity index (χ0) is 20.2. The van der Waals surface area contributed by atoms with Crippen LogP contribution < -0.4 is 5.32 Å². The Hall–Kier alpha value is -2.41. The largest absolute Gasteiger partial charge is 0.465 e. The summed E-state index contributed by atoms with van der Waals surface area (Å²) < 4.78 is 6.76. The number of rotatable bonds is 4. The average molecular weight is 415 g/mol. The molecule has 4 atom stereocenters. The highest BCUT2D eigenvalue weighted by Gasteiger charge is 2.61. The lowest BCUT2D eigenvalue weighted by molar-refractivity contribution is -0.150. The van der Waals surface area contributed by atoms with Gasteiger partial charge in [-0.05, 0) is 74.1 Å². The summed E-state index contributed by atoms with van der Waals surface area (Å²) in [7, 11) is 1.34. The van der Waals surface area contributed by atoms with Gasteiger partial charge in [0.1, 0.15) is 6.33 Å². The van der Waals surface area contributed by atoms with Crippen molar-refractivity contribution in [2.45, 2.75) is 44.1 Å². The molecule has 7 nitrogen and oxygen atoms in total. The van der Waals surface area contributed by atoms with Crippen molar-refractivity contribution in [3.63, 3.8) is 0 Å². The van der Waals surface area contributed by atoms with Gasteiger partial charge in [0, 0.05) is 0 Å². The lowest BCUT2D eigenvalue weighted by Gasteiger charge is -2.60. The van der Waals surface area contributed by atoms with Crippen molar-refractivity contribution < 1.29 is 14.3 Å². The van der Waals surface area contributed by atoms with Crippen LogP contribution in [-0.4, -0.2) is 33.8 Å². The Morgan fingerprint density at radius 3 is 2.59 bits per heavy atom. The van der Waals surface area contributed by atoms with Crippen LogP contribution in [0, 0.1) is 17.3 Å². The second-order valence-electron chi connectivity index (χ2n) is 8.92. The number of ether oxygens (including phenoxy) is 1. The van der Waals surface area contributed by atoms with Crippen LogP contribution in [0.15, 0.2) is 30.6 Å². The zero-order valence-corrected chi connectivity index (χ0v) is 17.0. The van der Waals surface area contributed by atoms with Gasteiger partial charge in [0.2, 0.25) is 11.2 Å². The minimum absolute atomic E-state index is 0.0152. The summed E-state index contributed by atoms with van der Waals surface area (Å²) in [6.07, 6.45) is 7.36. The van der Waals surface area contributed by atoms with Gasteiger partial charge < -0.3 is 10.1 Å². The van der Waals surface area contributed by atoms with E-state index in [1.807, 2.05) is 4.68 Å². The molecule has 6 rings (SSSR count). The first-order chi connectivity index (χ1) is 13.9. The topological polar surface area (TPSA) is 86.1 Å². The molecule has 2 aromatic rings. The van der Waals surface area contributed by atoms with Gasteiger partial charge in [-0.2, -0.15) is 0 Å². The molecule has 4 aliphatic rings. The molecular weight excluding hydrogens is 392 g/mol. The Kier molecular flexibility index (Phi) is 4.21. The molecule has 1 N–H and O–H groups in total. The van der Waals surface area contributed by atoms with Crippen LogP contribution in [0.3, 0.4) is 0 Å². The second kappa shape index (κ2) is 6.55.